The Morgan fingerprint density at radius 3 is 2.61 bits per heavy atom. The first-order chi connectivity index (χ1) is 8.41. The Balaban J connectivity index is 2.27. The topological polar surface area (TPSA) is 69.7 Å². The molecule has 0 aliphatic carbocycles. The number of amides is 4. The number of imide groups is 1. The summed E-state index contributed by atoms with van der Waals surface area (Å²) >= 11 is 0. The highest BCUT2D eigenvalue weighted by Crippen LogP contribution is 2.24. The van der Waals surface area contributed by atoms with Crippen molar-refractivity contribution in [2.24, 2.45) is 0 Å². The maximum atomic E-state index is 12.2. The lowest BCUT2D eigenvalue weighted by Gasteiger charge is -2.41. The SMILES string of the molecule is CC1=CC(C)N(C)C(=O)N1C1CCC(=O)NC1=O. The van der Waals surface area contributed by atoms with Crippen molar-refractivity contribution in [2.75, 3.05) is 7.05 Å². The van der Waals surface area contributed by atoms with Crippen LogP contribution in [0.1, 0.15) is 26.7 Å². The van der Waals surface area contributed by atoms with Crippen LogP contribution in [0.4, 0.5) is 4.79 Å². The predicted octanol–water partition coefficient (Wildman–Crippen LogP) is 0.451. The van der Waals surface area contributed by atoms with E-state index in [9.17, 15) is 14.4 Å². The molecule has 0 aromatic heterocycles. The monoisotopic (exact) mass is 251 g/mol. The summed E-state index contributed by atoms with van der Waals surface area (Å²) in [7, 11) is 1.70. The Kier molecular flexibility index (Phi) is 3.11. The van der Waals surface area contributed by atoms with Gasteiger partial charge in [-0.25, -0.2) is 4.79 Å². The lowest BCUT2D eigenvalue weighted by Crippen LogP contribution is -2.58. The zero-order valence-corrected chi connectivity index (χ0v) is 10.8. The lowest BCUT2D eigenvalue weighted by molar-refractivity contribution is -0.136. The molecule has 0 aromatic rings. The van der Waals surface area contributed by atoms with Crippen molar-refractivity contribution in [3.63, 3.8) is 0 Å². The summed E-state index contributed by atoms with van der Waals surface area (Å²) in [5.74, 6) is -0.667. The van der Waals surface area contributed by atoms with Crippen molar-refractivity contribution in [3.8, 4) is 0 Å². The Hall–Kier alpha value is -1.85. The van der Waals surface area contributed by atoms with E-state index in [1.165, 1.54) is 4.90 Å². The van der Waals surface area contributed by atoms with Gasteiger partial charge < -0.3 is 4.90 Å². The number of allylic oxidation sites excluding steroid dienone is 1. The number of hydrogen-bond donors (Lipinski definition) is 1. The van der Waals surface area contributed by atoms with E-state index in [4.69, 9.17) is 0 Å². The molecule has 0 bridgehead atoms. The van der Waals surface area contributed by atoms with Gasteiger partial charge in [0.2, 0.25) is 11.8 Å². The molecule has 0 spiro atoms. The molecule has 2 heterocycles. The molecular weight excluding hydrogens is 234 g/mol. The van der Waals surface area contributed by atoms with E-state index < -0.39 is 11.9 Å². The van der Waals surface area contributed by atoms with Gasteiger partial charge in [-0.3, -0.25) is 19.8 Å². The number of urea groups is 1. The first-order valence-corrected chi connectivity index (χ1v) is 6.00. The van der Waals surface area contributed by atoms with Crippen LogP contribution in [-0.4, -0.2) is 46.8 Å². The molecule has 1 N–H and O–H groups in total. The van der Waals surface area contributed by atoms with E-state index in [0.717, 1.165) is 5.70 Å². The number of nitrogens with one attached hydrogen (secondary N) is 1. The van der Waals surface area contributed by atoms with Crippen LogP contribution in [0.25, 0.3) is 0 Å². The Bertz CT molecular complexity index is 444. The first kappa shape index (κ1) is 12.6. The molecule has 98 valence electrons. The van der Waals surface area contributed by atoms with Crippen LogP contribution in [0, 0.1) is 0 Å². The van der Waals surface area contributed by atoms with Crippen molar-refractivity contribution < 1.29 is 14.4 Å². The van der Waals surface area contributed by atoms with Crippen LogP contribution in [0.3, 0.4) is 0 Å². The van der Waals surface area contributed by atoms with Crippen LogP contribution in [0.5, 0.6) is 0 Å². The van der Waals surface area contributed by atoms with Crippen LogP contribution in [0.2, 0.25) is 0 Å². The molecule has 2 aliphatic rings. The minimum atomic E-state index is -0.582. The van der Waals surface area contributed by atoms with Gasteiger partial charge in [0, 0.05) is 19.2 Å². The number of piperidine rings is 1. The summed E-state index contributed by atoms with van der Waals surface area (Å²) in [6, 6.07) is -0.763. The molecule has 0 saturated carbocycles. The summed E-state index contributed by atoms with van der Waals surface area (Å²) in [4.78, 5) is 38.2. The quantitative estimate of drug-likeness (QED) is 0.688. The van der Waals surface area contributed by atoms with Crippen LogP contribution >= 0.6 is 0 Å². The highest BCUT2D eigenvalue weighted by atomic mass is 16.2. The van der Waals surface area contributed by atoms with Gasteiger partial charge in [0.05, 0.1) is 6.04 Å². The molecule has 0 aromatic carbocycles. The largest absolute Gasteiger partial charge is 0.325 e. The van der Waals surface area contributed by atoms with Crippen LogP contribution in [0.15, 0.2) is 11.8 Å². The molecule has 6 heteroatoms. The summed E-state index contributed by atoms with van der Waals surface area (Å²) in [6.45, 7) is 3.73. The third-order valence-corrected chi connectivity index (χ3v) is 3.50. The average Bonchev–Trinajstić information content (AvgIpc) is 2.29. The van der Waals surface area contributed by atoms with Crippen molar-refractivity contribution in [3.05, 3.63) is 11.8 Å². The standard InChI is InChI=1S/C12H17N3O3/c1-7-6-8(2)15(12(18)14(7)3)9-4-5-10(16)13-11(9)17/h6-7,9H,4-5H2,1-3H3,(H,13,16,17). The highest BCUT2D eigenvalue weighted by molar-refractivity contribution is 6.02. The minimum Gasteiger partial charge on any atom is -0.321 e. The number of nitrogens with zero attached hydrogens (tertiary/aromatic N) is 2. The number of rotatable bonds is 1. The first-order valence-electron chi connectivity index (χ1n) is 6.00. The minimum absolute atomic E-state index is 0.0158. The fourth-order valence-electron chi connectivity index (χ4n) is 2.34. The second-order valence-electron chi connectivity index (χ2n) is 4.78. The molecule has 6 nitrogen and oxygen atoms in total. The van der Waals surface area contributed by atoms with Gasteiger partial charge in [-0.15, -0.1) is 0 Å². The van der Waals surface area contributed by atoms with Gasteiger partial charge in [-0.05, 0) is 26.3 Å². The van der Waals surface area contributed by atoms with Crippen molar-refractivity contribution >= 4 is 17.8 Å². The zero-order valence-electron chi connectivity index (χ0n) is 10.8. The van der Waals surface area contributed by atoms with Crippen LogP contribution < -0.4 is 5.32 Å². The van der Waals surface area contributed by atoms with Gasteiger partial charge in [0.15, 0.2) is 0 Å². The fourth-order valence-corrected chi connectivity index (χ4v) is 2.34. The van der Waals surface area contributed by atoms with Crippen LogP contribution in [-0.2, 0) is 9.59 Å². The molecule has 2 unspecified atom stereocenters. The molecule has 2 aliphatic heterocycles. The number of hydrogen-bond acceptors (Lipinski definition) is 3. The second-order valence-corrected chi connectivity index (χ2v) is 4.78. The zero-order chi connectivity index (χ0) is 13.4. The summed E-state index contributed by atoms with van der Waals surface area (Å²) < 4.78 is 0. The van der Waals surface area contributed by atoms with Gasteiger partial charge in [-0.2, -0.15) is 0 Å². The van der Waals surface area contributed by atoms with E-state index in [-0.39, 0.29) is 24.4 Å². The third kappa shape index (κ3) is 1.98. The Morgan fingerprint density at radius 1 is 1.33 bits per heavy atom. The highest BCUT2D eigenvalue weighted by Gasteiger charge is 2.39. The fraction of sp³-hybridized carbons (Fsp3) is 0.583. The van der Waals surface area contributed by atoms with E-state index in [1.54, 1.807) is 11.9 Å². The molecule has 18 heavy (non-hydrogen) atoms. The lowest BCUT2D eigenvalue weighted by atomic mass is 10.0. The summed E-state index contributed by atoms with van der Waals surface area (Å²) in [6.07, 6.45) is 2.58. The smallest absolute Gasteiger partial charge is 0.321 e. The molecule has 2 atom stereocenters. The predicted molar refractivity (Wildman–Crippen MR) is 64.4 cm³/mol. The van der Waals surface area contributed by atoms with Crippen molar-refractivity contribution in [1.29, 1.82) is 0 Å². The molecular formula is C12H17N3O3. The van der Waals surface area contributed by atoms with Gasteiger partial charge in [-0.1, -0.05) is 0 Å². The number of carbonyl (C=O) groups is 3. The maximum absolute atomic E-state index is 12.2. The van der Waals surface area contributed by atoms with Gasteiger partial charge >= 0.3 is 6.03 Å². The summed E-state index contributed by atoms with van der Waals surface area (Å²) in [5, 5.41) is 2.28. The van der Waals surface area contributed by atoms with E-state index in [1.807, 2.05) is 19.9 Å². The third-order valence-electron chi connectivity index (χ3n) is 3.50. The molecule has 1 saturated heterocycles. The Labute approximate surface area is 106 Å². The average molecular weight is 251 g/mol. The van der Waals surface area contributed by atoms with E-state index in [0.29, 0.717) is 6.42 Å². The molecule has 2 rings (SSSR count). The van der Waals surface area contributed by atoms with Crippen molar-refractivity contribution in [1.82, 2.24) is 15.1 Å². The Morgan fingerprint density at radius 2 is 2.00 bits per heavy atom. The molecule has 0 radical (unpaired) electrons. The van der Waals surface area contributed by atoms with Gasteiger partial charge in [0.1, 0.15) is 6.04 Å². The molecule has 4 amide bonds. The summed E-state index contributed by atoms with van der Waals surface area (Å²) in [5.41, 5.74) is 0.764. The molecule has 1 fully saturated rings. The number of carbonyl (C=O) groups excluding carboxylic acids is 3. The van der Waals surface area contributed by atoms with E-state index in [2.05, 4.69) is 5.32 Å². The number of likely N-dealkylation sites (N-methyl/N-ethyl adjacent to an activating group) is 1. The normalized spacial score (nSPS) is 29.3. The van der Waals surface area contributed by atoms with Crippen molar-refractivity contribution in [2.45, 2.75) is 38.8 Å². The van der Waals surface area contributed by atoms with Gasteiger partial charge in [0.25, 0.3) is 0 Å². The van der Waals surface area contributed by atoms with E-state index >= 15 is 0 Å². The second kappa shape index (κ2) is 4.44. The maximum Gasteiger partial charge on any atom is 0.325 e.